The second-order valence-corrected chi connectivity index (χ2v) is 7.14. The van der Waals surface area contributed by atoms with Crippen LogP contribution >= 0.6 is 0 Å². The topological polar surface area (TPSA) is 64.8 Å². The maximum absolute atomic E-state index is 12.5. The lowest BCUT2D eigenvalue weighted by Crippen LogP contribution is -3.13. The maximum Gasteiger partial charge on any atom is 0.282 e. The second kappa shape index (κ2) is 8.86. The molecule has 0 aliphatic carbocycles. The van der Waals surface area contributed by atoms with Gasteiger partial charge in [0, 0.05) is 25.2 Å². The third-order valence-corrected chi connectivity index (χ3v) is 5.32. The Morgan fingerprint density at radius 1 is 1.19 bits per heavy atom. The number of aromatic nitrogens is 1. The molecule has 1 aromatic heterocycles. The molecule has 0 saturated carbocycles. The number of likely N-dealkylation sites (tertiary alicyclic amines) is 1. The van der Waals surface area contributed by atoms with Crippen molar-refractivity contribution in [3.05, 3.63) is 53.9 Å². The molecule has 3 rings (SSSR count). The van der Waals surface area contributed by atoms with Crippen LogP contribution in [-0.2, 0) is 11.8 Å². The SMILES string of the molecule is COc1ccc([C@H]2CCCCC[NH+]2CC(=O)NC(=O)c2cccn2C)cc1. The van der Waals surface area contributed by atoms with Crippen LogP contribution < -0.4 is 15.0 Å². The number of hydrogen-bond acceptors (Lipinski definition) is 3. The summed E-state index contributed by atoms with van der Waals surface area (Å²) in [7, 11) is 3.45. The molecular formula is C21H28N3O3+. The Morgan fingerprint density at radius 2 is 1.96 bits per heavy atom. The van der Waals surface area contributed by atoms with Crippen LogP contribution in [0, 0.1) is 0 Å². The van der Waals surface area contributed by atoms with E-state index >= 15 is 0 Å². The Balaban J connectivity index is 1.68. The third kappa shape index (κ3) is 4.77. The molecular weight excluding hydrogens is 342 g/mol. The lowest BCUT2D eigenvalue weighted by atomic mass is 10.0. The van der Waals surface area contributed by atoms with Crippen molar-refractivity contribution < 1.29 is 19.2 Å². The molecule has 0 radical (unpaired) electrons. The van der Waals surface area contributed by atoms with Crippen LogP contribution in [0.25, 0.3) is 0 Å². The molecule has 2 heterocycles. The number of hydrogen-bond donors (Lipinski definition) is 2. The van der Waals surface area contributed by atoms with E-state index in [4.69, 9.17) is 4.74 Å². The molecule has 1 saturated heterocycles. The highest BCUT2D eigenvalue weighted by atomic mass is 16.5. The van der Waals surface area contributed by atoms with Gasteiger partial charge in [-0.3, -0.25) is 14.9 Å². The van der Waals surface area contributed by atoms with Crippen molar-refractivity contribution in [3.8, 4) is 5.75 Å². The van der Waals surface area contributed by atoms with Crippen LogP contribution in [0.4, 0.5) is 0 Å². The Morgan fingerprint density at radius 3 is 2.63 bits per heavy atom. The van der Waals surface area contributed by atoms with E-state index in [0.717, 1.165) is 31.6 Å². The van der Waals surface area contributed by atoms with Gasteiger partial charge in [0.25, 0.3) is 11.8 Å². The van der Waals surface area contributed by atoms with Crippen LogP contribution in [0.2, 0.25) is 0 Å². The summed E-state index contributed by atoms with van der Waals surface area (Å²) >= 11 is 0. The van der Waals surface area contributed by atoms with Crippen molar-refractivity contribution in [1.29, 1.82) is 0 Å². The van der Waals surface area contributed by atoms with Gasteiger partial charge < -0.3 is 14.2 Å². The summed E-state index contributed by atoms with van der Waals surface area (Å²) in [6.45, 7) is 1.23. The number of carbonyl (C=O) groups is 2. The van der Waals surface area contributed by atoms with Crippen LogP contribution in [0.1, 0.15) is 47.8 Å². The minimum atomic E-state index is -0.345. The zero-order valence-electron chi connectivity index (χ0n) is 16.0. The number of rotatable bonds is 5. The summed E-state index contributed by atoms with van der Waals surface area (Å²) in [5, 5.41) is 2.54. The van der Waals surface area contributed by atoms with Gasteiger partial charge >= 0.3 is 0 Å². The normalized spacial score (nSPS) is 19.9. The van der Waals surface area contributed by atoms with E-state index in [1.165, 1.54) is 16.9 Å². The largest absolute Gasteiger partial charge is 0.497 e. The van der Waals surface area contributed by atoms with Gasteiger partial charge in [-0.25, -0.2) is 0 Å². The van der Waals surface area contributed by atoms with E-state index in [9.17, 15) is 9.59 Å². The lowest BCUT2D eigenvalue weighted by molar-refractivity contribution is -0.923. The van der Waals surface area contributed by atoms with E-state index < -0.39 is 0 Å². The Kier molecular flexibility index (Phi) is 6.29. The minimum Gasteiger partial charge on any atom is -0.497 e. The number of benzene rings is 1. The standard InChI is InChI=1S/C21H27N3O3/c1-23-13-6-8-19(23)21(26)22-20(25)15-24-14-5-3-4-7-18(24)16-9-11-17(27-2)12-10-16/h6,8-13,18H,3-5,7,14-15H2,1-2H3,(H,22,25,26)/p+1/t18-/m1/s1. The van der Waals surface area contributed by atoms with Crippen LogP contribution in [0.5, 0.6) is 5.75 Å². The fraction of sp³-hybridized carbons (Fsp3) is 0.429. The lowest BCUT2D eigenvalue weighted by Gasteiger charge is -2.26. The summed E-state index contributed by atoms with van der Waals surface area (Å²) in [6.07, 6.45) is 6.27. The number of methoxy groups -OCH3 is 1. The number of nitrogens with one attached hydrogen (secondary N) is 2. The zero-order chi connectivity index (χ0) is 19.2. The Bertz CT molecular complexity index is 782. The maximum atomic E-state index is 12.5. The van der Waals surface area contributed by atoms with Crippen LogP contribution in [0.3, 0.4) is 0 Å². The van der Waals surface area contributed by atoms with E-state index in [0.29, 0.717) is 12.2 Å². The summed E-state index contributed by atoms with van der Waals surface area (Å²) in [5.41, 5.74) is 1.70. The van der Waals surface area contributed by atoms with Crippen molar-refractivity contribution in [2.75, 3.05) is 20.2 Å². The molecule has 2 amide bonds. The molecule has 1 fully saturated rings. The first-order chi connectivity index (χ1) is 13.1. The van der Waals surface area contributed by atoms with Gasteiger partial charge in [-0.1, -0.05) is 0 Å². The summed E-state index contributed by atoms with van der Waals surface area (Å²) in [6, 6.07) is 11.9. The first-order valence-corrected chi connectivity index (χ1v) is 9.52. The molecule has 1 aliphatic rings. The fourth-order valence-corrected chi connectivity index (χ4v) is 3.84. The second-order valence-electron chi connectivity index (χ2n) is 7.14. The van der Waals surface area contributed by atoms with Crippen molar-refractivity contribution in [1.82, 2.24) is 9.88 Å². The van der Waals surface area contributed by atoms with Gasteiger partial charge in [0.15, 0.2) is 6.54 Å². The molecule has 1 unspecified atom stereocenters. The molecule has 2 N–H and O–H groups in total. The number of aryl methyl sites for hydroxylation is 1. The van der Waals surface area contributed by atoms with Crippen molar-refractivity contribution >= 4 is 11.8 Å². The van der Waals surface area contributed by atoms with Gasteiger partial charge in [0.2, 0.25) is 0 Å². The van der Waals surface area contributed by atoms with Crippen LogP contribution in [-0.4, -0.2) is 36.6 Å². The number of nitrogens with zero attached hydrogens (tertiary/aromatic N) is 1. The monoisotopic (exact) mass is 370 g/mol. The predicted molar refractivity (Wildman–Crippen MR) is 103 cm³/mol. The summed E-state index contributed by atoms with van der Waals surface area (Å²) in [5.74, 6) is 0.263. The highest BCUT2D eigenvalue weighted by Gasteiger charge is 2.29. The van der Waals surface area contributed by atoms with Gasteiger partial charge in [-0.2, -0.15) is 0 Å². The predicted octanol–water partition coefficient (Wildman–Crippen LogP) is 1.49. The summed E-state index contributed by atoms with van der Waals surface area (Å²) in [4.78, 5) is 26.0. The quantitative estimate of drug-likeness (QED) is 0.838. The number of quaternary nitrogens is 1. The Labute approximate surface area is 160 Å². The highest BCUT2D eigenvalue weighted by molar-refractivity contribution is 6.04. The van der Waals surface area contributed by atoms with Gasteiger partial charge in [-0.15, -0.1) is 0 Å². The number of ether oxygens (including phenoxy) is 1. The number of amides is 2. The van der Waals surface area contributed by atoms with E-state index in [1.54, 1.807) is 37.1 Å². The number of carbonyl (C=O) groups excluding carboxylic acids is 2. The molecule has 144 valence electrons. The molecule has 1 aromatic carbocycles. The molecule has 0 bridgehead atoms. The molecule has 6 nitrogen and oxygen atoms in total. The first-order valence-electron chi connectivity index (χ1n) is 9.52. The van der Waals surface area contributed by atoms with Crippen LogP contribution in [0.15, 0.2) is 42.6 Å². The van der Waals surface area contributed by atoms with E-state index in [-0.39, 0.29) is 17.9 Å². The average Bonchev–Trinajstić information content (AvgIpc) is 2.97. The Hall–Kier alpha value is -2.60. The molecule has 0 spiro atoms. The first kappa shape index (κ1) is 19.2. The van der Waals surface area contributed by atoms with E-state index in [2.05, 4.69) is 17.4 Å². The molecule has 2 atom stereocenters. The highest BCUT2D eigenvalue weighted by Crippen LogP contribution is 2.22. The van der Waals surface area contributed by atoms with E-state index in [1.807, 2.05) is 12.1 Å². The minimum absolute atomic E-state index is 0.225. The summed E-state index contributed by atoms with van der Waals surface area (Å²) < 4.78 is 6.96. The average molecular weight is 370 g/mol. The molecule has 1 aliphatic heterocycles. The smallest absolute Gasteiger partial charge is 0.282 e. The fourth-order valence-electron chi connectivity index (χ4n) is 3.84. The number of imide groups is 1. The third-order valence-electron chi connectivity index (χ3n) is 5.32. The molecule has 6 heteroatoms. The zero-order valence-corrected chi connectivity index (χ0v) is 16.0. The molecule has 2 aromatic rings. The van der Waals surface area contributed by atoms with Gasteiger partial charge in [0.1, 0.15) is 17.5 Å². The van der Waals surface area contributed by atoms with Crippen molar-refractivity contribution in [2.24, 2.45) is 7.05 Å². The van der Waals surface area contributed by atoms with Crippen molar-refractivity contribution in [2.45, 2.75) is 31.7 Å². The van der Waals surface area contributed by atoms with Gasteiger partial charge in [0.05, 0.1) is 13.7 Å². The van der Waals surface area contributed by atoms with Gasteiger partial charge in [-0.05, 0) is 55.7 Å². The molecule has 27 heavy (non-hydrogen) atoms. The van der Waals surface area contributed by atoms with Crippen molar-refractivity contribution in [3.63, 3.8) is 0 Å².